The summed E-state index contributed by atoms with van der Waals surface area (Å²) in [7, 11) is 1.72. The molecule has 0 saturated carbocycles. The largest absolute Gasteiger partial charge is 0.467 e. The van der Waals surface area contributed by atoms with Crippen LogP contribution in [0.2, 0.25) is 0 Å². The van der Waals surface area contributed by atoms with E-state index in [1.165, 1.54) is 11.3 Å². The Morgan fingerprint density at radius 3 is 2.85 bits per heavy atom. The number of carbonyl (C=O) groups is 2. The predicted molar refractivity (Wildman–Crippen MR) is 100 cm³/mol. The molecule has 1 N–H and O–H groups in total. The lowest BCUT2D eigenvalue weighted by molar-refractivity contribution is -0.131. The third-order valence-electron chi connectivity index (χ3n) is 3.83. The first-order valence-electron chi connectivity index (χ1n) is 7.74. The molecule has 3 aromatic heterocycles. The van der Waals surface area contributed by atoms with E-state index in [-0.39, 0.29) is 24.1 Å². The van der Waals surface area contributed by atoms with Crippen LogP contribution in [0.4, 0.5) is 5.13 Å². The molecule has 0 aliphatic rings. The summed E-state index contributed by atoms with van der Waals surface area (Å²) >= 11 is 4.40. The lowest BCUT2D eigenvalue weighted by Crippen LogP contribution is -2.30. The number of aromatic nitrogens is 1. The van der Waals surface area contributed by atoms with Gasteiger partial charge in [0.15, 0.2) is 15.6 Å². The monoisotopic (exact) mass is 437 g/mol. The van der Waals surface area contributed by atoms with Crippen molar-refractivity contribution < 1.29 is 18.4 Å². The molecule has 26 heavy (non-hydrogen) atoms. The van der Waals surface area contributed by atoms with Gasteiger partial charge in [-0.05, 0) is 47.1 Å². The topological polar surface area (TPSA) is 88.6 Å². The van der Waals surface area contributed by atoms with Crippen molar-refractivity contribution in [3.63, 3.8) is 0 Å². The number of rotatable bonds is 6. The number of thiazole rings is 1. The quantitative estimate of drug-likeness (QED) is 0.626. The van der Waals surface area contributed by atoms with E-state index in [1.807, 2.05) is 13.0 Å². The van der Waals surface area contributed by atoms with Gasteiger partial charge in [0.2, 0.25) is 5.91 Å². The van der Waals surface area contributed by atoms with Crippen LogP contribution < -0.4 is 5.32 Å². The summed E-state index contributed by atoms with van der Waals surface area (Å²) in [6, 6.07) is 6.64. The van der Waals surface area contributed by atoms with Gasteiger partial charge in [0.1, 0.15) is 5.76 Å². The van der Waals surface area contributed by atoms with Crippen LogP contribution in [0.25, 0.3) is 0 Å². The predicted octanol–water partition coefficient (Wildman–Crippen LogP) is 4.11. The van der Waals surface area contributed by atoms with E-state index < -0.39 is 5.91 Å². The van der Waals surface area contributed by atoms with E-state index in [0.29, 0.717) is 15.5 Å². The van der Waals surface area contributed by atoms with Gasteiger partial charge < -0.3 is 13.7 Å². The SMILES string of the molecule is CC(c1ccco1)N(C)C(=O)Cc1csc(NC(=O)c2ccc(Br)o2)n1. The first-order valence-corrected chi connectivity index (χ1v) is 9.41. The second kappa shape index (κ2) is 7.88. The number of likely N-dealkylation sites (N-methyl/N-ethyl adjacent to an activating group) is 1. The smallest absolute Gasteiger partial charge is 0.293 e. The molecule has 2 amide bonds. The van der Waals surface area contributed by atoms with Crippen molar-refractivity contribution in [2.45, 2.75) is 19.4 Å². The van der Waals surface area contributed by atoms with Gasteiger partial charge in [-0.25, -0.2) is 4.98 Å². The van der Waals surface area contributed by atoms with Crippen LogP contribution in [-0.4, -0.2) is 28.7 Å². The van der Waals surface area contributed by atoms with E-state index >= 15 is 0 Å². The van der Waals surface area contributed by atoms with Crippen molar-refractivity contribution in [1.29, 1.82) is 0 Å². The van der Waals surface area contributed by atoms with Crippen molar-refractivity contribution in [3.05, 3.63) is 57.8 Å². The van der Waals surface area contributed by atoms with Gasteiger partial charge in [0, 0.05) is 12.4 Å². The van der Waals surface area contributed by atoms with Crippen LogP contribution in [0.5, 0.6) is 0 Å². The molecule has 136 valence electrons. The third kappa shape index (κ3) is 4.23. The minimum Gasteiger partial charge on any atom is -0.467 e. The van der Waals surface area contributed by atoms with Crippen LogP contribution >= 0.6 is 27.3 Å². The van der Waals surface area contributed by atoms with E-state index in [0.717, 1.165) is 5.76 Å². The first-order chi connectivity index (χ1) is 12.4. The van der Waals surface area contributed by atoms with Gasteiger partial charge in [-0.2, -0.15) is 0 Å². The summed E-state index contributed by atoms with van der Waals surface area (Å²) in [5.41, 5.74) is 0.592. The zero-order chi connectivity index (χ0) is 18.7. The molecule has 1 unspecified atom stereocenters. The molecule has 0 aliphatic heterocycles. The second-order valence-corrected chi connectivity index (χ2v) is 7.21. The molecule has 0 saturated heterocycles. The highest BCUT2D eigenvalue weighted by Gasteiger charge is 2.21. The molecule has 0 bridgehead atoms. The lowest BCUT2D eigenvalue weighted by Gasteiger charge is -2.22. The maximum absolute atomic E-state index is 12.4. The van der Waals surface area contributed by atoms with Gasteiger partial charge in [-0.3, -0.25) is 14.9 Å². The number of hydrogen-bond donors (Lipinski definition) is 1. The van der Waals surface area contributed by atoms with Crippen LogP contribution in [0, 0.1) is 0 Å². The Morgan fingerprint density at radius 1 is 1.38 bits per heavy atom. The number of hydrogen-bond acceptors (Lipinski definition) is 6. The zero-order valence-corrected chi connectivity index (χ0v) is 16.5. The molecule has 3 heterocycles. The minimum absolute atomic E-state index is 0.0907. The third-order valence-corrected chi connectivity index (χ3v) is 5.06. The van der Waals surface area contributed by atoms with Gasteiger partial charge >= 0.3 is 0 Å². The highest BCUT2D eigenvalue weighted by Crippen LogP contribution is 2.22. The molecule has 0 aromatic carbocycles. The summed E-state index contributed by atoms with van der Waals surface area (Å²) in [6.07, 6.45) is 1.72. The van der Waals surface area contributed by atoms with Crippen LogP contribution in [0.1, 0.15) is 35.0 Å². The molecule has 9 heteroatoms. The molecule has 0 radical (unpaired) electrons. The Labute approximate surface area is 162 Å². The standard InChI is InChI=1S/C17H16BrN3O4S/c1-10(12-4-3-7-24-12)21(2)15(22)8-11-9-26-17(19-11)20-16(23)13-5-6-14(18)25-13/h3-7,9-10H,8H2,1-2H3,(H,19,20,23). The average Bonchev–Trinajstić information content (AvgIpc) is 3.35. The number of anilines is 1. The molecule has 3 rings (SSSR count). The van der Waals surface area contributed by atoms with Gasteiger partial charge in [0.05, 0.1) is 24.4 Å². The van der Waals surface area contributed by atoms with Gasteiger partial charge in [0.25, 0.3) is 5.91 Å². The Bertz CT molecular complexity index is 903. The summed E-state index contributed by atoms with van der Waals surface area (Å²) < 4.78 is 11.0. The summed E-state index contributed by atoms with van der Waals surface area (Å²) in [4.78, 5) is 30.4. The van der Waals surface area contributed by atoms with Gasteiger partial charge in [-0.1, -0.05) is 0 Å². The number of nitrogens with one attached hydrogen (secondary N) is 1. The Kier molecular flexibility index (Phi) is 5.58. The molecule has 1 atom stereocenters. The highest BCUT2D eigenvalue weighted by atomic mass is 79.9. The fraction of sp³-hybridized carbons (Fsp3) is 0.235. The first kappa shape index (κ1) is 18.4. The molecular formula is C17H16BrN3O4S. The second-order valence-electron chi connectivity index (χ2n) is 5.57. The number of carbonyl (C=O) groups excluding carboxylic acids is 2. The molecule has 0 aliphatic carbocycles. The molecule has 7 nitrogen and oxygen atoms in total. The van der Waals surface area contributed by atoms with E-state index in [4.69, 9.17) is 8.83 Å². The summed E-state index contributed by atoms with van der Waals surface area (Å²) in [5, 5.41) is 4.81. The normalized spacial score (nSPS) is 12.0. The fourth-order valence-electron chi connectivity index (χ4n) is 2.26. The van der Waals surface area contributed by atoms with Gasteiger partial charge in [-0.15, -0.1) is 11.3 Å². The summed E-state index contributed by atoms with van der Waals surface area (Å²) in [5.74, 6) is 0.409. The van der Waals surface area contributed by atoms with Crippen LogP contribution in [0.3, 0.4) is 0 Å². The Balaban J connectivity index is 1.59. The fourth-order valence-corrected chi connectivity index (χ4v) is 3.27. The van der Waals surface area contributed by atoms with Crippen molar-refractivity contribution >= 4 is 44.2 Å². The van der Waals surface area contributed by atoms with Crippen molar-refractivity contribution in [2.75, 3.05) is 12.4 Å². The van der Waals surface area contributed by atoms with Crippen LogP contribution in [0.15, 0.2) is 49.4 Å². The van der Waals surface area contributed by atoms with Crippen LogP contribution in [-0.2, 0) is 11.2 Å². The molecule has 3 aromatic rings. The zero-order valence-electron chi connectivity index (χ0n) is 14.1. The number of nitrogens with zero attached hydrogens (tertiary/aromatic N) is 2. The maximum atomic E-state index is 12.4. The van der Waals surface area contributed by atoms with Crippen molar-refractivity contribution in [2.24, 2.45) is 0 Å². The lowest BCUT2D eigenvalue weighted by atomic mass is 10.2. The number of amides is 2. The Hall–Kier alpha value is -2.39. The van der Waals surface area contributed by atoms with E-state index in [2.05, 4.69) is 26.2 Å². The van der Waals surface area contributed by atoms with E-state index in [1.54, 1.807) is 41.8 Å². The van der Waals surface area contributed by atoms with Crippen molar-refractivity contribution in [1.82, 2.24) is 9.88 Å². The number of halogens is 1. The minimum atomic E-state index is -0.397. The molecule has 0 spiro atoms. The Morgan fingerprint density at radius 2 is 2.19 bits per heavy atom. The molecular weight excluding hydrogens is 422 g/mol. The van der Waals surface area contributed by atoms with E-state index in [9.17, 15) is 9.59 Å². The average molecular weight is 438 g/mol. The maximum Gasteiger partial charge on any atom is 0.293 e. The van der Waals surface area contributed by atoms with Crippen molar-refractivity contribution in [3.8, 4) is 0 Å². The summed E-state index contributed by atoms with van der Waals surface area (Å²) in [6.45, 7) is 1.89. The molecule has 0 fully saturated rings. The highest BCUT2D eigenvalue weighted by molar-refractivity contribution is 9.10. The number of furan rings is 2.